The molecule has 1 heterocycles. The number of carbonyl (C=O) groups is 1. The number of hydrogen-bond donors (Lipinski definition) is 1. The van der Waals surface area contributed by atoms with Crippen LogP contribution < -0.4 is 0 Å². The van der Waals surface area contributed by atoms with Crippen LogP contribution in [-0.2, 0) is 0 Å². The van der Waals surface area contributed by atoms with Gasteiger partial charge in [-0.15, -0.1) is 11.8 Å². The number of carboxylic acids is 1. The smallest absolute Gasteiger partial charge is 0.355 e. The molecule has 1 N–H and O–H groups in total. The summed E-state index contributed by atoms with van der Waals surface area (Å²) in [6.45, 7) is 11.1. The first-order valence-corrected chi connectivity index (χ1v) is 7.93. The Bertz CT molecular complexity index is 448. The molecule has 0 aromatic carbocycles. The zero-order chi connectivity index (χ0) is 15.1. The molecule has 112 valence electrons. The molecule has 0 fully saturated rings. The normalized spacial score (nSPS) is 11.3. The lowest BCUT2D eigenvalue weighted by molar-refractivity contribution is 0.0685. The van der Waals surface area contributed by atoms with Gasteiger partial charge in [0.05, 0.1) is 4.90 Å². The lowest BCUT2D eigenvalue weighted by Crippen LogP contribution is -2.25. The van der Waals surface area contributed by atoms with Crippen molar-refractivity contribution in [2.75, 3.05) is 25.4 Å². The largest absolute Gasteiger partial charge is 0.476 e. The third kappa shape index (κ3) is 4.76. The zero-order valence-electron chi connectivity index (χ0n) is 12.6. The van der Waals surface area contributed by atoms with Gasteiger partial charge in [-0.2, -0.15) is 0 Å². The first-order valence-electron chi connectivity index (χ1n) is 6.94. The van der Waals surface area contributed by atoms with Crippen molar-refractivity contribution in [2.45, 2.75) is 38.5 Å². The summed E-state index contributed by atoms with van der Waals surface area (Å²) in [5, 5.41) is 9.26. The molecule has 0 aliphatic rings. The van der Waals surface area contributed by atoms with Crippen molar-refractivity contribution in [1.29, 1.82) is 0 Å². The van der Waals surface area contributed by atoms with Crippen LogP contribution in [0.3, 0.4) is 0 Å². The highest BCUT2D eigenvalue weighted by molar-refractivity contribution is 7.99. The van der Waals surface area contributed by atoms with Crippen molar-refractivity contribution in [2.24, 2.45) is 0 Å². The molecule has 20 heavy (non-hydrogen) atoms. The highest BCUT2D eigenvalue weighted by Crippen LogP contribution is 2.22. The number of aromatic carboxylic acids is 1. The Balaban J connectivity index is 2.76. The summed E-state index contributed by atoms with van der Waals surface area (Å²) in [7, 11) is 0. The van der Waals surface area contributed by atoms with Crippen LogP contribution in [0.4, 0.5) is 0 Å². The van der Waals surface area contributed by atoms with E-state index in [1.54, 1.807) is 6.20 Å². The first kappa shape index (κ1) is 16.9. The van der Waals surface area contributed by atoms with E-state index in [0.29, 0.717) is 10.7 Å². The van der Waals surface area contributed by atoms with Gasteiger partial charge >= 0.3 is 5.97 Å². The molecule has 1 rings (SSSR count). The van der Waals surface area contributed by atoms with E-state index >= 15 is 0 Å². The van der Waals surface area contributed by atoms with E-state index in [1.807, 2.05) is 13.8 Å². The molecule has 6 heteroatoms. The molecule has 0 unspecified atom stereocenters. The van der Waals surface area contributed by atoms with Crippen molar-refractivity contribution in [1.82, 2.24) is 14.9 Å². The average Bonchev–Trinajstić information content (AvgIpc) is 2.43. The maximum absolute atomic E-state index is 11.3. The van der Waals surface area contributed by atoms with Crippen LogP contribution in [0.5, 0.6) is 0 Å². The number of rotatable bonds is 8. The first-order chi connectivity index (χ1) is 9.49. The van der Waals surface area contributed by atoms with E-state index in [1.165, 1.54) is 11.8 Å². The van der Waals surface area contributed by atoms with Crippen LogP contribution in [0, 0.1) is 0 Å². The molecule has 0 saturated carbocycles. The second-order valence-corrected chi connectivity index (χ2v) is 5.91. The maximum Gasteiger partial charge on any atom is 0.355 e. The van der Waals surface area contributed by atoms with E-state index < -0.39 is 5.97 Å². The summed E-state index contributed by atoms with van der Waals surface area (Å²) in [4.78, 5) is 22.7. The Hall–Kier alpha value is -1.14. The lowest BCUT2D eigenvalue weighted by atomic mass is 10.2. The van der Waals surface area contributed by atoms with Crippen molar-refractivity contribution in [3.05, 3.63) is 17.7 Å². The molecule has 0 aliphatic heterocycles. The van der Waals surface area contributed by atoms with E-state index in [-0.39, 0.29) is 11.6 Å². The van der Waals surface area contributed by atoms with Gasteiger partial charge in [0.2, 0.25) is 0 Å². The summed E-state index contributed by atoms with van der Waals surface area (Å²) in [6.07, 6.45) is 1.64. The number of carboxylic acid groups (broad SMARTS) is 1. The Kier molecular flexibility index (Phi) is 6.95. The van der Waals surface area contributed by atoms with Crippen molar-refractivity contribution >= 4 is 17.7 Å². The predicted molar refractivity (Wildman–Crippen MR) is 81.6 cm³/mol. The number of aromatic nitrogens is 2. The topological polar surface area (TPSA) is 66.3 Å². The van der Waals surface area contributed by atoms with E-state index in [2.05, 4.69) is 28.7 Å². The van der Waals surface area contributed by atoms with Crippen LogP contribution in [0.15, 0.2) is 11.1 Å². The summed E-state index contributed by atoms with van der Waals surface area (Å²) >= 11 is 1.51. The molecular weight excluding hydrogens is 274 g/mol. The van der Waals surface area contributed by atoms with Crippen LogP contribution in [0.2, 0.25) is 0 Å². The molecule has 1 aromatic heterocycles. The van der Waals surface area contributed by atoms with Gasteiger partial charge in [-0.05, 0) is 13.1 Å². The van der Waals surface area contributed by atoms with Crippen LogP contribution in [0.25, 0.3) is 0 Å². The highest BCUT2D eigenvalue weighted by atomic mass is 32.2. The predicted octanol–water partition coefficient (Wildman–Crippen LogP) is 2.73. The Morgan fingerprint density at radius 2 is 2.05 bits per heavy atom. The van der Waals surface area contributed by atoms with E-state index in [0.717, 1.165) is 25.4 Å². The minimum absolute atomic E-state index is 0.119. The highest BCUT2D eigenvalue weighted by Gasteiger charge is 2.16. The monoisotopic (exact) mass is 297 g/mol. The molecule has 0 aliphatic carbocycles. The summed E-state index contributed by atoms with van der Waals surface area (Å²) < 4.78 is 0. The fourth-order valence-electron chi connectivity index (χ4n) is 1.75. The van der Waals surface area contributed by atoms with Gasteiger partial charge in [0.25, 0.3) is 0 Å². The molecular formula is C14H23N3O2S. The summed E-state index contributed by atoms with van der Waals surface area (Å²) in [5.41, 5.74) is 0.119. The Morgan fingerprint density at radius 3 is 2.55 bits per heavy atom. The standard InChI is InChI=1S/C14H23N3O2S/c1-5-17(6-2)7-8-20-11-9-15-13(10(3)4)16-12(11)14(18)19/h9-10H,5-8H2,1-4H3,(H,18,19). The van der Waals surface area contributed by atoms with Gasteiger partial charge in [0.15, 0.2) is 5.69 Å². The number of thioether (sulfide) groups is 1. The van der Waals surface area contributed by atoms with Crippen LogP contribution >= 0.6 is 11.8 Å². The minimum atomic E-state index is -0.986. The summed E-state index contributed by atoms with van der Waals surface area (Å²) in [5.74, 6) is 0.560. The molecule has 0 radical (unpaired) electrons. The fraction of sp³-hybridized carbons (Fsp3) is 0.643. The number of nitrogens with zero attached hydrogens (tertiary/aromatic N) is 3. The van der Waals surface area contributed by atoms with Gasteiger partial charge < -0.3 is 10.0 Å². The van der Waals surface area contributed by atoms with Gasteiger partial charge in [0, 0.05) is 24.4 Å². The molecule has 1 aromatic rings. The quantitative estimate of drug-likeness (QED) is 0.744. The Labute approximate surface area is 124 Å². The molecule has 0 spiro atoms. The molecule has 0 saturated heterocycles. The zero-order valence-corrected chi connectivity index (χ0v) is 13.4. The second-order valence-electron chi connectivity index (χ2n) is 4.78. The second kappa shape index (κ2) is 8.21. The number of hydrogen-bond acceptors (Lipinski definition) is 5. The van der Waals surface area contributed by atoms with Crippen molar-refractivity contribution in [3.8, 4) is 0 Å². The van der Waals surface area contributed by atoms with Crippen molar-refractivity contribution < 1.29 is 9.90 Å². The molecule has 0 bridgehead atoms. The Morgan fingerprint density at radius 1 is 1.40 bits per heavy atom. The third-order valence-corrected chi connectivity index (χ3v) is 4.05. The van der Waals surface area contributed by atoms with Gasteiger partial charge in [-0.1, -0.05) is 27.7 Å². The van der Waals surface area contributed by atoms with Gasteiger partial charge in [0.1, 0.15) is 5.82 Å². The van der Waals surface area contributed by atoms with Gasteiger partial charge in [-0.3, -0.25) is 0 Å². The molecule has 0 amide bonds. The van der Waals surface area contributed by atoms with Crippen LogP contribution in [-0.4, -0.2) is 51.3 Å². The van der Waals surface area contributed by atoms with Crippen LogP contribution in [0.1, 0.15) is 49.9 Å². The minimum Gasteiger partial charge on any atom is -0.476 e. The SMILES string of the molecule is CCN(CC)CCSc1cnc(C(C)C)nc1C(=O)O. The van der Waals surface area contributed by atoms with E-state index in [4.69, 9.17) is 0 Å². The fourth-order valence-corrected chi connectivity index (χ4v) is 2.71. The lowest BCUT2D eigenvalue weighted by Gasteiger charge is -2.17. The molecule has 0 atom stereocenters. The summed E-state index contributed by atoms with van der Waals surface area (Å²) in [6, 6.07) is 0. The van der Waals surface area contributed by atoms with Gasteiger partial charge in [-0.25, -0.2) is 14.8 Å². The third-order valence-electron chi connectivity index (χ3n) is 3.05. The van der Waals surface area contributed by atoms with Crippen molar-refractivity contribution in [3.63, 3.8) is 0 Å². The van der Waals surface area contributed by atoms with E-state index in [9.17, 15) is 9.90 Å². The molecule has 5 nitrogen and oxygen atoms in total. The maximum atomic E-state index is 11.3. The average molecular weight is 297 g/mol.